The molecule has 0 saturated carbocycles. The molecule has 22 heavy (non-hydrogen) atoms. The smallest absolute Gasteiger partial charge is 0.296 e. The lowest BCUT2D eigenvalue weighted by Crippen LogP contribution is -2.00. The van der Waals surface area contributed by atoms with Crippen molar-refractivity contribution in [2.24, 2.45) is 11.0 Å². The fourth-order valence-electron chi connectivity index (χ4n) is 1.73. The second-order valence-electron chi connectivity index (χ2n) is 5.30. The van der Waals surface area contributed by atoms with Crippen LogP contribution in [0.2, 0.25) is 0 Å². The monoisotopic (exact) mass is 339 g/mol. The minimum atomic E-state index is -0.0474. The molecule has 1 aromatic carbocycles. The Hall–Kier alpha value is -1.23. The lowest BCUT2D eigenvalue weighted by molar-refractivity contribution is -0.0631. The Morgan fingerprint density at radius 3 is 2.73 bits per heavy atom. The predicted molar refractivity (Wildman–Crippen MR) is 95.5 cm³/mol. The first-order chi connectivity index (χ1) is 10.5. The van der Waals surface area contributed by atoms with E-state index in [-0.39, 0.29) is 11.5 Å². The summed E-state index contributed by atoms with van der Waals surface area (Å²) < 4.78 is 0. The van der Waals surface area contributed by atoms with E-state index >= 15 is 0 Å². The van der Waals surface area contributed by atoms with Crippen LogP contribution in [0.25, 0.3) is 0 Å². The van der Waals surface area contributed by atoms with E-state index in [1.54, 1.807) is 12.1 Å². The van der Waals surface area contributed by atoms with Gasteiger partial charge in [-0.15, -0.1) is 0 Å². The molecular formula is C16H23N2O2S2+. The van der Waals surface area contributed by atoms with E-state index in [2.05, 4.69) is 30.5 Å². The quantitative estimate of drug-likeness (QED) is 0.166. The molecule has 0 aromatic heterocycles. The van der Waals surface area contributed by atoms with Gasteiger partial charge in [0.25, 0.3) is 6.72 Å². The Morgan fingerprint density at radius 2 is 2.09 bits per heavy atom. The zero-order chi connectivity index (χ0) is 16.4. The summed E-state index contributed by atoms with van der Waals surface area (Å²) in [6.07, 6.45) is 2.49. The summed E-state index contributed by atoms with van der Waals surface area (Å²) in [7, 11) is 3.68. The van der Waals surface area contributed by atoms with Crippen molar-refractivity contribution in [1.29, 1.82) is 0 Å². The highest BCUT2D eigenvalue weighted by Crippen LogP contribution is 2.27. The van der Waals surface area contributed by atoms with Crippen LogP contribution in [0.3, 0.4) is 0 Å². The Kier molecular flexibility index (Phi) is 8.97. The van der Waals surface area contributed by atoms with Crippen molar-refractivity contribution in [2.75, 3.05) is 11.5 Å². The van der Waals surface area contributed by atoms with Gasteiger partial charge in [-0.3, -0.25) is 4.79 Å². The van der Waals surface area contributed by atoms with Gasteiger partial charge in [0.05, 0.1) is 5.56 Å². The molecule has 0 aliphatic carbocycles. The SMILES string of the molecule is C=[N+]=Nc1ccc(C(=O)CCCSSCCC(C)C)c(O)c1. The summed E-state index contributed by atoms with van der Waals surface area (Å²) in [6.45, 7) is 7.70. The first-order valence-electron chi connectivity index (χ1n) is 7.32. The summed E-state index contributed by atoms with van der Waals surface area (Å²) >= 11 is 0. The Balaban J connectivity index is 2.32. The first kappa shape index (κ1) is 18.8. The summed E-state index contributed by atoms with van der Waals surface area (Å²) in [5.41, 5.74) is 0.835. The number of rotatable bonds is 10. The summed E-state index contributed by atoms with van der Waals surface area (Å²) in [6, 6.07) is 4.67. The molecule has 6 heteroatoms. The minimum Gasteiger partial charge on any atom is -0.507 e. The van der Waals surface area contributed by atoms with Crippen molar-refractivity contribution in [3.05, 3.63) is 23.8 Å². The van der Waals surface area contributed by atoms with Crippen LogP contribution in [0, 0.1) is 5.92 Å². The number of nitrogens with zero attached hydrogens (tertiary/aromatic N) is 2. The van der Waals surface area contributed by atoms with Crippen LogP contribution in [-0.4, -0.2) is 33.9 Å². The topological polar surface area (TPSA) is 63.8 Å². The highest BCUT2D eigenvalue weighted by molar-refractivity contribution is 8.76. The van der Waals surface area contributed by atoms with E-state index in [0.29, 0.717) is 17.7 Å². The molecule has 0 aliphatic rings. The minimum absolute atomic E-state index is 0.0385. The number of hydrogen-bond acceptors (Lipinski definition) is 5. The van der Waals surface area contributed by atoms with E-state index in [1.807, 2.05) is 21.6 Å². The van der Waals surface area contributed by atoms with E-state index in [4.69, 9.17) is 0 Å². The van der Waals surface area contributed by atoms with Gasteiger partial charge < -0.3 is 5.11 Å². The first-order valence-corrected chi connectivity index (χ1v) is 9.80. The highest BCUT2D eigenvalue weighted by Gasteiger charge is 2.12. The van der Waals surface area contributed by atoms with Crippen LogP contribution in [-0.2, 0) is 0 Å². The third kappa shape index (κ3) is 7.16. The summed E-state index contributed by atoms with van der Waals surface area (Å²) in [4.78, 5) is 15.5. The number of carbonyl (C=O) groups is 1. The number of Topliss-reactive ketones (excluding diaryl/α,β-unsaturated/α-hetero) is 1. The number of phenols is 1. The molecule has 0 bridgehead atoms. The lowest BCUT2D eigenvalue weighted by atomic mass is 10.1. The molecule has 0 radical (unpaired) electrons. The molecule has 1 N–H and O–H groups in total. The van der Waals surface area contributed by atoms with E-state index in [1.165, 1.54) is 12.5 Å². The average molecular weight is 340 g/mol. The van der Waals surface area contributed by atoms with Gasteiger partial charge in [0, 0.05) is 28.8 Å². The van der Waals surface area contributed by atoms with Crippen LogP contribution in [0.4, 0.5) is 5.69 Å². The Bertz CT molecular complexity index is 541. The van der Waals surface area contributed by atoms with E-state index < -0.39 is 0 Å². The van der Waals surface area contributed by atoms with Gasteiger partial charge >= 0.3 is 0 Å². The maximum atomic E-state index is 12.1. The van der Waals surface area contributed by atoms with Gasteiger partial charge in [0.1, 0.15) is 10.9 Å². The van der Waals surface area contributed by atoms with Gasteiger partial charge in [-0.05, 0) is 30.9 Å². The predicted octanol–water partition coefficient (Wildman–Crippen LogP) is 4.78. The van der Waals surface area contributed by atoms with Crippen LogP contribution < -0.4 is 0 Å². The van der Waals surface area contributed by atoms with Crippen molar-refractivity contribution >= 4 is 39.8 Å². The normalized spacial score (nSPS) is 10.5. The molecule has 1 rings (SSSR count). The average Bonchev–Trinajstić information content (AvgIpc) is 2.46. The maximum Gasteiger partial charge on any atom is 0.296 e. The fraction of sp³-hybridized carbons (Fsp3) is 0.500. The maximum absolute atomic E-state index is 12.1. The number of benzene rings is 1. The molecule has 0 saturated heterocycles. The largest absolute Gasteiger partial charge is 0.507 e. The number of ketones is 1. The van der Waals surface area contributed by atoms with Crippen molar-refractivity contribution < 1.29 is 14.7 Å². The van der Waals surface area contributed by atoms with Crippen molar-refractivity contribution in [1.82, 2.24) is 0 Å². The van der Waals surface area contributed by atoms with Gasteiger partial charge in [-0.1, -0.05) is 35.4 Å². The standard InChI is InChI=1S/C16H22N2O2S2/c1-12(2)8-10-22-21-9-4-5-15(19)14-7-6-13(18-17-3)11-16(14)20/h6-7,11-12H,3-5,8-10H2,1-2H3/p+1. The molecule has 1 aromatic rings. The number of carbonyl (C=O) groups excluding carboxylic acids is 1. The number of hydrogen-bond donors (Lipinski definition) is 1. The molecule has 120 valence electrons. The molecule has 0 amide bonds. The third-order valence-electron chi connectivity index (χ3n) is 2.96. The van der Waals surface area contributed by atoms with Gasteiger partial charge in [0.2, 0.25) is 0 Å². The number of phenolic OH excluding ortho intramolecular Hbond substituents is 1. The molecule has 0 aliphatic heterocycles. The molecule has 0 spiro atoms. The van der Waals surface area contributed by atoms with Crippen molar-refractivity contribution in [3.8, 4) is 5.75 Å². The van der Waals surface area contributed by atoms with Crippen LogP contribution in [0.15, 0.2) is 23.3 Å². The van der Waals surface area contributed by atoms with Gasteiger partial charge in [0.15, 0.2) is 11.5 Å². The number of aromatic hydroxyl groups is 1. The van der Waals surface area contributed by atoms with E-state index in [9.17, 15) is 9.90 Å². The van der Waals surface area contributed by atoms with Gasteiger partial charge in [-0.25, -0.2) is 0 Å². The molecular weight excluding hydrogens is 316 g/mol. The van der Waals surface area contributed by atoms with Crippen LogP contribution in [0.1, 0.15) is 43.5 Å². The summed E-state index contributed by atoms with van der Waals surface area (Å²) in [5, 5.41) is 13.6. The van der Waals surface area contributed by atoms with Gasteiger partial charge in [-0.2, -0.15) is 0 Å². The lowest BCUT2D eigenvalue weighted by Gasteiger charge is -2.05. The second kappa shape index (κ2) is 10.5. The molecule has 0 heterocycles. The molecule has 0 atom stereocenters. The molecule has 0 fully saturated rings. The molecule has 4 nitrogen and oxygen atoms in total. The van der Waals surface area contributed by atoms with Crippen molar-refractivity contribution in [3.63, 3.8) is 0 Å². The van der Waals surface area contributed by atoms with Crippen LogP contribution in [0.5, 0.6) is 5.75 Å². The second-order valence-corrected chi connectivity index (χ2v) is 8.00. The zero-order valence-electron chi connectivity index (χ0n) is 13.1. The third-order valence-corrected chi connectivity index (χ3v) is 5.49. The Labute approximate surface area is 139 Å². The molecule has 0 unspecified atom stereocenters. The summed E-state index contributed by atoms with van der Waals surface area (Å²) in [5.74, 6) is 2.75. The highest BCUT2D eigenvalue weighted by atomic mass is 33.1. The van der Waals surface area contributed by atoms with Crippen LogP contribution >= 0.6 is 21.6 Å². The fourth-order valence-corrected chi connectivity index (χ4v) is 4.14. The van der Waals surface area contributed by atoms with Crippen molar-refractivity contribution in [2.45, 2.75) is 33.1 Å². The zero-order valence-corrected chi connectivity index (χ0v) is 14.8. The Morgan fingerprint density at radius 1 is 1.36 bits per heavy atom. The van der Waals surface area contributed by atoms with E-state index in [0.717, 1.165) is 23.8 Å².